The number of benzene rings is 1. The number of amides is 1. The van der Waals surface area contributed by atoms with E-state index in [1.807, 2.05) is 12.1 Å². The lowest BCUT2D eigenvalue weighted by Gasteiger charge is -2.25. The molecule has 0 radical (unpaired) electrons. The Kier molecular flexibility index (Phi) is 2.25. The molecule has 1 aromatic rings. The number of carbonyl (C=O) groups is 1. The Hall–Kier alpha value is -1.35. The number of nitrogens with zero attached hydrogens (tertiary/aromatic N) is 1. The average molecular weight is 190 g/mol. The summed E-state index contributed by atoms with van der Waals surface area (Å²) < 4.78 is 0. The van der Waals surface area contributed by atoms with Crippen LogP contribution in [-0.4, -0.2) is 24.4 Å². The summed E-state index contributed by atoms with van der Waals surface area (Å²) in [6.45, 7) is 2.02. The van der Waals surface area contributed by atoms with Gasteiger partial charge >= 0.3 is 0 Å². The Balaban J connectivity index is 2.36. The van der Waals surface area contributed by atoms with Crippen molar-refractivity contribution in [1.82, 2.24) is 4.90 Å². The highest BCUT2D eigenvalue weighted by Gasteiger charge is 2.14. The predicted octanol–water partition coefficient (Wildman–Crippen LogP) is 0.773. The van der Waals surface area contributed by atoms with Crippen LogP contribution >= 0.6 is 0 Å². The SMILES string of the molecule is CN1CCc2cc(C(N)=O)ccc2C1. The van der Waals surface area contributed by atoms with Gasteiger partial charge < -0.3 is 10.6 Å². The molecule has 2 rings (SSSR count). The fraction of sp³-hybridized carbons (Fsp3) is 0.364. The Morgan fingerprint density at radius 3 is 2.93 bits per heavy atom. The molecule has 0 aromatic heterocycles. The minimum atomic E-state index is -0.341. The van der Waals surface area contributed by atoms with Crippen LogP contribution in [0.4, 0.5) is 0 Å². The van der Waals surface area contributed by atoms with Gasteiger partial charge in [0, 0.05) is 18.7 Å². The molecule has 1 aliphatic heterocycles. The van der Waals surface area contributed by atoms with Crippen LogP contribution in [0.25, 0.3) is 0 Å². The first-order valence-electron chi connectivity index (χ1n) is 4.77. The maximum atomic E-state index is 11.0. The molecule has 1 aromatic carbocycles. The van der Waals surface area contributed by atoms with Gasteiger partial charge in [0.2, 0.25) is 5.91 Å². The van der Waals surface area contributed by atoms with Crippen LogP contribution in [0.1, 0.15) is 21.5 Å². The lowest BCUT2D eigenvalue weighted by molar-refractivity contribution is 0.1000. The highest BCUT2D eigenvalue weighted by molar-refractivity contribution is 5.93. The summed E-state index contributed by atoms with van der Waals surface area (Å²) in [7, 11) is 2.10. The van der Waals surface area contributed by atoms with Gasteiger partial charge in [-0.15, -0.1) is 0 Å². The van der Waals surface area contributed by atoms with Crippen LogP contribution in [0.2, 0.25) is 0 Å². The molecule has 3 nitrogen and oxygen atoms in total. The van der Waals surface area contributed by atoms with E-state index in [2.05, 4.69) is 11.9 Å². The maximum Gasteiger partial charge on any atom is 0.248 e. The Bertz CT molecular complexity index is 374. The summed E-state index contributed by atoms with van der Waals surface area (Å²) in [6.07, 6.45) is 1.01. The second-order valence-corrected chi connectivity index (χ2v) is 3.84. The van der Waals surface area contributed by atoms with Crippen LogP contribution in [-0.2, 0) is 13.0 Å². The van der Waals surface area contributed by atoms with Crippen molar-refractivity contribution in [3.8, 4) is 0 Å². The molecule has 1 aliphatic rings. The van der Waals surface area contributed by atoms with Crippen molar-refractivity contribution in [3.63, 3.8) is 0 Å². The number of hydrogen-bond donors (Lipinski definition) is 1. The predicted molar refractivity (Wildman–Crippen MR) is 55.0 cm³/mol. The van der Waals surface area contributed by atoms with Gasteiger partial charge in [-0.2, -0.15) is 0 Å². The van der Waals surface area contributed by atoms with Crippen molar-refractivity contribution < 1.29 is 4.79 Å². The van der Waals surface area contributed by atoms with Crippen LogP contribution in [0, 0.1) is 0 Å². The van der Waals surface area contributed by atoms with E-state index < -0.39 is 0 Å². The van der Waals surface area contributed by atoms with Crippen molar-refractivity contribution in [2.75, 3.05) is 13.6 Å². The lowest BCUT2D eigenvalue weighted by Crippen LogP contribution is -2.27. The van der Waals surface area contributed by atoms with Crippen molar-refractivity contribution in [2.45, 2.75) is 13.0 Å². The molecule has 14 heavy (non-hydrogen) atoms. The number of carbonyl (C=O) groups excluding carboxylic acids is 1. The van der Waals surface area contributed by atoms with Gasteiger partial charge in [0.15, 0.2) is 0 Å². The molecule has 0 spiro atoms. The molecule has 0 unspecified atom stereocenters. The van der Waals surface area contributed by atoms with Crippen LogP contribution < -0.4 is 5.73 Å². The molecule has 0 saturated carbocycles. The van der Waals surface area contributed by atoms with Gasteiger partial charge in [-0.25, -0.2) is 0 Å². The summed E-state index contributed by atoms with van der Waals surface area (Å²) in [6, 6.07) is 5.73. The fourth-order valence-electron chi connectivity index (χ4n) is 1.85. The summed E-state index contributed by atoms with van der Waals surface area (Å²) in [4.78, 5) is 13.2. The zero-order valence-electron chi connectivity index (χ0n) is 8.29. The zero-order chi connectivity index (χ0) is 10.1. The fourth-order valence-corrected chi connectivity index (χ4v) is 1.85. The molecule has 3 heteroatoms. The van der Waals surface area contributed by atoms with Crippen molar-refractivity contribution in [1.29, 1.82) is 0 Å². The number of primary amides is 1. The molecule has 0 aliphatic carbocycles. The van der Waals surface area contributed by atoms with E-state index >= 15 is 0 Å². The number of fused-ring (bicyclic) bond motifs is 1. The highest BCUT2D eigenvalue weighted by Crippen LogP contribution is 2.18. The summed E-state index contributed by atoms with van der Waals surface area (Å²) >= 11 is 0. The highest BCUT2D eigenvalue weighted by atomic mass is 16.1. The first kappa shape index (κ1) is 9.21. The van der Waals surface area contributed by atoms with Gasteiger partial charge in [0.1, 0.15) is 0 Å². The molecule has 2 N–H and O–H groups in total. The topological polar surface area (TPSA) is 46.3 Å². The third-order valence-corrected chi connectivity index (χ3v) is 2.69. The molecule has 1 heterocycles. The maximum absolute atomic E-state index is 11.0. The van der Waals surface area contributed by atoms with E-state index in [-0.39, 0.29) is 5.91 Å². The van der Waals surface area contributed by atoms with E-state index in [1.165, 1.54) is 11.1 Å². The largest absolute Gasteiger partial charge is 0.366 e. The van der Waals surface area contributed by atoms with Gasteiger partial charge in [0.25, 0.3) is 0 Å². The molecule has 0 saturated heterocycles. The van der Waals surface area contributed by atoms with Crippen molar-refractivity contribution in [3.05, 3.63) is 34.9 Å². The van der Waals surface area contributed by atoms with E-state index in [4.69, 9.17) is 5.73 Å². The third kappa shape index (κ3) is 1.63. The van der Waals surface area contributed by atoms with E-state index in [0.717, 1.165) is 19.5 Å². The Labute approximate surface area is 83.5 Å². The van der Waals surface area contributed by atoms with Gasteiger partial charge in [-0.3, -0.25) is 4.79 Å². The molecular formula is C11H14N2O. The Morgan fingerprint density at radius 2 is 2.21 bits per heavy atom. The van der Waals surface area contributed by atoms with Crippen molar-refractivity contribution >= 4 is 5.91 Å². The monoisotopic (exact) mass is 190 g/mol. The molecule has 0 atom stereocenters. The first-order valence-corrected chi connectivity index (χ1v) is 4.77. The van der Waals surface area contributed by atoms with Crippen LogP contribution in [0.5, 0.6) is 0 Å². The lowest BCUT2D eigenvalue weighted by atomic mass is 9.97. The number of nitrogens with two attached hydrogens (primary N) is 1. The summed E-state index contributed by atoms with van der Waals surface area (Å²) in [5, 5.41) is 0. The van der Waals surface area contributed by atoms with E-state index in [1.54, 1.807) is 6.07 Å². The van der Waals surface area contributed by atoms with E-state index in [9.17, 15) is 4.79 Å². The van der Waals surface area contributed by atoms with Crippen LogP contribution in [0.15, 0.2) is 18.2 Å². The minimum Gasteiger partial charge on any atom is -0.366 e. The zero-order valence-corrected chi connectivity index (χ0v) is 8.29. The molecule has 1 amide bonds. The normalized spacial score (nSPS) is 16.4. The number of hydrogen-bond acceptors (Lipinski definition) is 2. The molecule has 0 fully saturated rings. The second kappa shape index (κ2) is 3.42. The molecular weight excluding hydrogens is 176 g/mol. The minimum absolute atomic E-state index is 0.341. The molecule has 0 bridgehead atoms. The smallest absolute Gasteiger partial charge is 0.248 e. The van der Waals surface area contributed by atoms with Gasteiger partial charge in [0.05, 0.1) is 0 Å². The molecule has 74 valence electrons. The summed E-state index contributed by atoms with van der Waals surface area (Å²) in [5.74, 6) is -0.341. The van der Waals surface area contributed by atoms with E-state index in [0.29, 0.717) is 5.56 Å². The quantitative estimate of drug-likeness (QED) is 0.711. The van der Waals surface area contributed by atoms with Gasteiger partial charge in [-0.05, 0) is 36.7 Å². The van der Waals surface area contributed by atoms with Crippen molar-refractivity contribution in [2.24, 2.45) is 5.73 Å². The number of rotatable bonds is 1. The average Bonchev–Trinajstić information content (AvgIpc) is 2.16. The standard InChI is InChI=1S/C11H14N2O/c1-13-5-4-8-6-9(11(12)14)2-3-10(8)7-13/h2-3,6H,4-5,7H2,1H3,(H2,12,14). The second-order valence-electron chi connectivity index (χ2n) is 3.84. The van der Waals surface area contributed by atoms with Gasteiger partial charge in [-0.1, -0.05) is 6.07 Å². The summed E-state index contributed by atoms with van der Waals surface area (Å²) in [5.41, 5.74) is 8.42. The third-order valence-electron chi connectivity index (χ3n) is 2.69. The number of likely N-dealkylation sites (N-methyl/N-ethyl adjacent to an activating group) is 1. The first-order chi connectivity index (χ1) is 6.66. The Morgan fingerprint density at radius 1 is 1.43 bits per heavy atom. The van der Waals surface area contributed by atoms with Crippen LogP contribution in [0.3, 0.4) is 0 Å².